The second-order valence-electron chi connectivity index (χ2n) is 5.89. The molecule has 0 heterocycles. The molecule has 4 heteroatoms. The molecule has 110 valence electrons. The molecule has 0 bridgehead atoms. The topological polar surface area (TPSA) is 51.2 Å². The van der Waals surface area contributed by atoms with Gasteiger partial charge in [0.1, 0.15) is 5.75 Å². The van der Waals surface area contributed by atoms with E-state index in [9.17, 15) is 13.2 Å². The number of hydrogen-bond donors (Lipinski definition) is 0. The monoisotopic (exact) mass is 294 g/mol. The molecule has 1 aromatic rings. The molecule has 1 aliphatic carbocycles. The summed E-state index contributed by atoms with van der Waals surface area (Å²) < 4.78 is 24.5. The van der Waals surface area contributed by atoms with Crippen LogP contribution in [0, 0.1) is 20.8 Å². The SMILES string of the molecule is Cc1cc(C)c(C(=O)CS(=O)(=O)C2CCCC2)cc1C. The summed E-state index contributed by atoms with van der Waals surface area (Å²) in [5.41, 5.74) is 3.56. The molecule has 0 saturated heterocycles. The lowest BCUT2D eigenvalue weighted by molar-refractivity contribution is 0.102. The number of hydrogen-bond acceptors (Lipinski definition) is 3. The van der Waals surface area contributed by atoms with Gasteiger partial charge in [-0.2, -0.15) is 0 Å². The third kappa shape index (κ3) is 3.11. The number of ketones is 1. The van der Waals surface area contributed by atoms with Crippen molar-refractivity contribution < 1.29 is 13.2 Å². The normalized spacial score (nSPS) is 16.6. The predicted molar refractivity (Wildman–Crippen MR) is 81.0 cm³/mol. The molecule has 20 heavy (non-hydrogen) atoms. The van der Waals surface area contributed by atoms with Crippen molar-refractivity contribution in [3.63, 3.8) is 0 Å². The van der Waals surface area contributed by atoms with Gasteiger partial charge in [0, 0.05) is 5.56 Å². The van der Waals surface area contributed by atoms with E-state index in [2.05, 4.69) is 0 Å². The van der Waals surface area contributed by atoms with Gasteiger partial charge >= 0.3 is 0 Å². The zero-order valence-corrected chi connectivity index (χ0v) is 13.2. The molecule has 1 aliphatic rings. The molecule has 0 spiro atoms. The highest BCUT2D eigenvalue weighted by molar-refractivity contribution is 7.92. The van der Waals surface area contributed by atoms with Gasteiger partial charge in [-0.15, -0.1) is 0 Å². The first kappa shape index (κ1) is 15.2. The van der Waals surface area contributed by atoms with Gasteiger partial charge in [0.05, 0.1) is 5.25 Å². The molecule has 2 rings (SSSR count). The molecular formula is C16H22O3S. The highest BCUT2D eigenvalue weighted by Gasteiger charge is 2.31. The van der Waals surface area contributed by atoms with E-state index in [4.69, 9.17) is 0 Å². The summed E-state index contributed by atoms with van der Waals surface area (Å²) in [5.74, 6) is -0.612. The van der Waals surface area contributed by atoms with E-state index in [0.29, 0.717) is 18.4 Å². The Morgan fingerprint density at radius 2 is 1.60 bits per heavy atom. The number of carbonyl (C=O) groups excluding carboxylic acids is 1. The first-order valence-corrected chi connectivity index (χ1v) is 8.85. The first-order valence-electron chi connectivity index (χ1n) is 7.14. The fourth-order valence-corrected chi connectivity index (χ4v) is 4.69. The standard InChI is InChI=1S/C16H22O3S/c1-11-8-13(3)15(9-12(11)2)16(17)10-20(18,19)14-6-4-5-7-14/h8-9,14H,4-7,10H2,1-3H3. The van der Waals surface area contributed by atoms with Crippen LogP contribution in [0.2, 0.25) is 0 Å². The lowest BCUT2D eigenvalue weighted by Gasteiger charge is -2.12. The summed E-state index contributed by atoms with van der Waals surface area (Å²) in [5, 5.41) is -0.307. The van der Waals surface area contributed by atoms with E-state index in [0.717, 1.165) is 29.5 Å². The second kappa shape index (κ2) is 5.68. The lowest BCUT2D eigenvalue weighted by atomic mass is 9.99. The van der Waals surface area contributed by atoms with Crippen LogP contribution in [0.15, 0.2) is 12.1 Å². The Morgan fingerprint density at radius 1 is 1.05 bits per heavy atom. The van der Waals surface area contributed by atoms with Crippen molar-refractivity contribution in [1.82, 2.24) is 0 Å². The summed E-state index contributed by atoms with van der Waals surface area (Å²) in [7, 11) is -3.30. The van der Waals surface area contributed by atoms with Gasteiger partial charge in [0.2, 0.25) is 0 Å². The lowest BCUT2D eigenvalue weighted by Crippen LogP contribution is -2.26. The Labute approximate surface area is 121 Å². The summed E-state index contributed by atoms with van der Waals surface area (Å²) >= 11 is 0. The molecule has 0 unspecified atom stereocenters. The maximum Gasteiger partial charge on any atom is 0.178 e. The summed E-state index contributed by atoms with van der Waals surface area (Å²) in [6, 6.07) is 3.77. The van der Waals surface area contributed by atoms with Crippen LogP contribution in [-0.4, -0.2) is 25.2 Å². The van der Waals surface area contributed by atoms with E-state index in [1.165, 1.54) is 0 Å². The van der Waals surface area contributed by atoms with Gasteiger partial charge in [-0.1, -0.05) is 18.9 Å². The zero-order chi connectivity index (χ0) is 14.9. The van der Waals surface area contributed by atoms with Crippen molar-refractivity contribution in [3.05, 3.63) is 34.4 Å². The van der Waals surface area contributed by atoms with E-state index < -0.39 is 9.84 Å². The number of Topliss-reactive ketones (excluding diaryl/α,β-unsaturated/α-hetero) is 1. The van der Waals surface area contributed by atoms with Crippen molar-refractivity contribution in [2.24, 2.45) is 0 Å². The number of sulfone groups is 1. The molecule has 1 fully saturated rings. The average molecular weight is 294 g/mol. The highest BCUT2D eigenvalue weighted by atomic mass is 32.2. The van der Waals surface area contributed by atoms with Crippen LogP contribution in [0.4, 0.5) is 0 Å². The molecule has 0 atom stereocenters. The van der Waals surface area contributed by atoms with Gasteiger partial charge in [0.25, 0.3) is 0 Å². The predicted octanol–water partition coefficient (Wildman–Crippen LogP) is 3.15. The van der Waals surface area contributed by atoms with Crippen LogP contribution < -0.4 is 0 Å². The Morgan fingerprint density at radius 3 is 2.20 bits per heavy atom. The quantitative estimate of drug-likeness (QED) is 0.802. The second-order valence-corrected chi connectivity index (χ2v) is 8.17. The van der Waals surface area contributed by atoms with Gasteiger partial charge < -0.3 is 0 Å². The minimum Gasteiger partial charge on any atom is -0.293 e. The average Bonchev–Trinajstić information content (AvgIpc) is 2.87. The smallest absolute Gasteiger partial charge is 0.178 e. The number of carbonyl (C=O) groups is 1. The fraction of sp³-hybridized carbons (Fsp3) is 0.562. The highest BCUT2D eigenvalue weighted by Crippen LogP contribution is 2.26. The van der Waals surface area contributed by atoms with Crippen LogP contribution in [0.5, 0.6) is 0 Å². The Hall–Kier alpha value is -1.16. The molecule has 1 aromatic carbocycles. The van der Waals surface area contributed by atoms with Crippen LogP contribution in [-0.2, 0) is 9.84 Å². The molecule has 0 aromatic heterocycles. The van der Waals surface area contributed by atoms with Gasteiger partial charge in [-0.3, -0.25) is 4.79 Å². The van der Waals surface area contributed by atoms with Crippen molar-refractivity contribution >= 4 is 15.6 Å². The molecule has 0 amide bonds. The molecule has 1 saturated carbocycles. The minimum absolute atomic E-state index is 0.266. The maximum absolute atomic E-state index is 12.3. The van der Waals surface area contributed by atoms with E-state index in [1.807, 2.05) is 32.9 Å². The van der Waals surface area contributed by atoms with Crippen LogP contribution in [0.3, 0.4) is 0 Å². The molecular weight excluding hydrogens is 272 g/mol. The van der Waals surface area contributed by atoms with Gasteiger partial charge in [0.15, 0.2) is 15.6 Å². The number of benzene rings is 1. The summed E-state index contributed by atoms with van der Waals surface area (Å²) in [6.07, 6.45) is 3.34. The first-order chi connectivity index (χ1) is 9.31. The number of aryl methyl sites for hydroxylation is 3. The Balaban J connectivity index is 2.22. The Kier molecular flexibility index (Phi) is 4.33. The maximum atomic E-state index is 12.3. The molecule has 0 radical (unpaired) electrons. The summed E-state index contributed by atoms with van der Waals surface area (Å²) in [6.45, 7) is 5.80. The molecule has 0 N–H and O–H groups in total. The van der Waals surface area contributed by atoms with Crippen molar-refractivity contribution in [1.29, 1.82) is 0 Å². The van der Waals surface area contributed by atoms with Gasteiger partial charge in [-0.05, 0) is 56.4 Å². The minimum atomic E-state index is -3.30. The molecule has 0 aliphatic heterocycles. The van der Waals surface area contributed by atoms with E-state index in [-0.39, 0.29) is 16.8 Å². The number of rotatable bonds is 4. The van der Waals surface area contributed by atoms with E-state index in [1.54, 1.807) is 0 Å². The van der Waals surface area contributed by atoms with E-state index >= 15 is 0 Å². The van der Waals surface area contributed by atoms with Crippen molar-refractivity contribution in [3.8, 4) is 0 Å². The van der Waals surface area contributed by atoms with Gasteiger partial charge in [-0.25, -0.2) is 8.42 Å². The van der Waals surface area contributed by atoms with Crippen LogP contribution >= 0.6 is 0 Å². The van der Waals surface area contributed by atoms with Crippen molar-refractivity contribution in [2.75, 3.05) is 5.75 Å². The van der Waals surface area contributed by atoms with Crippen LogP contribution in [0.25, 0.3) is 0 Å². The zero-order valence-electron chi connectivity index (χ0n) is 12.4. The summed E-state index contributed by atoms with van der Waals surface area (Å²) in [4.78, 5) is 12.3. The third-order valence-corrected chi connectivity index (χ3v) is 6.44. The Bertz CT molecular complexity index is 623. The fourth-order valence-electron chi connectivity index (χ4n) is 2.89. The van der Waals surface area contributed by atoms with Crippen molar-refractivity contribution in [2.45, 2.75) is 51.7 Å². The molecule has 3 nitrogen and oxygen atoms in total. The largest absolute Gasteiger partial charge is 0.293 e. The third-order valence-electron chi connectivity index (χ3n) is 4.28. The van der Waals surface area contributed by atoms with Crippen LogP contribution in [0.1, 0.15) is 52.7 Å².